The minimum absolute atomic E-state index is 0.0152. The van der Waals surface area contributed by atoms with Gasteiger partial charge in [-0.25, -0.2) is 0 Å². The fourth-order valence-electron chi connectivity index (χ4n) is 2.26. The zero-order valence-corrected chi connectivity index (χ0v) is 15.4. The molecule has 0 radical (unpaired) electrons. The van der Waals surface area contributed by atoms with Crippen molar-refractivity contribution < 1.29 is 9.72 Å². The summed E-state index contributed by atoms with van der Waals surface area (Å²) in [5, 5.41) is 22.5. The number of rotatable bonds is 7. The zero-order valence-electron chi connectivity index (χ0n) is 14.6. The first kappa shape index (κ1) is 18.9. The lowest BCUT2D eigenvalue weighted by atomic mass is 10.2. The van der Waals surface area contributed by atoms with Crippen LogP contribution in [0.4, 0.5) is 11.4 Å². The van der Waals surface area contributed by atoms with Gasteiger partial charge in [0.05, 0.1) is 10.7 Å². The molecule has 0 bridgehead atoms. The maximum Gasteiger partial charge on any atom is 0.269 e. The molecule has 1 heterocycles. The normalized spacial score (nSPS) is 11.1. The molecule has 0 aliphatic rings. The molecule has 2 rings (SSSR count). The van der Waals surface area contributed by atoms with E-state index in [4.69, 9.17) is 0 Å². The molecule has 0 fully saturated rings. The van der Waals surface area contributed by atoms with Crippen molar-refractivity contribution in [1.29, 1.82) is 0 Å². The number of carbonyl (C=O) groups excluding carboxylic acids is 1. The van der Waals surface area contributed by atoms with Crippen molar-refractivity contribution in [3.63, 3.8) is 0 Å². The fraction of sp³-hybridized carbons (Fsp3) is 0.438. The summed E-state index contributed by atoms with van der Waals surface area (Å²) in [5.74, 6) is 1.12. The number of nitrogens with zero attached hydrogens (tertiary/aromatic N) is 4. The van der Waals surface area contributed by atoms with Gasteiger partial charge in [0.2, 0.25) is 5.91 Å². The number of non-ortho nitro benzene ring substituents is 1. The van der Waals surface area contributed by atoms with Gasteiger partial charge in [-0.05, 0) is 26.0 Å². The molecule has 0 saturated carbocycles. The minimum Gasteiger partial charge on any atom is -0.325 e. The molecule has 1 N–H and O–H groups in total. The molecule has 134 valence electrons. The van der Waals surface area contributed by atoms with E-state index in [0.717, 1.165) is 5.82 Å². The average molecular weight is 363 g/mol. The number of aromatic nitrogens is 3. The number of anilines is 1. The molecule has 0 aliphatic carbocycles. The summed E-state index contributed by atoms with van der Waals surface area (Å²) in [6.45, 7) is 8.21. The van der Waals surface area contributed by atoms with Gasteiger partial charge in [-0.3, -0.25) is 14.9 Å². The number of benzene rings is 1. The Kier molecular flexibility index (Phi) is 6.13. The van der Waals surface area contributed by atoms with E-state index in [2.05, 4.69) is 43.2 Å². The summed E-state index contributed by atoms with van der Waals surface area (Å²) < 4.78 is 2.04. The largest absolute Gasteiger partial charge is 0.325 e. The molecule has 1 aromatic carbocycles. The Morgan fingerprint density at radius 3 is 2.40 bits per heavy atom. The maximum absolute atomic E-state index is 12.1. The Hall–Kier alpha value is -2.42. The maximum atomic E-state index is 12.1. The molecule has 0 unspecified atom stereocenters. The first-order valence-electron chi connectivity index (χ1n) is 7.91. The molecule has 0 atom stereocenters. The Morgan fingerprint density at radius 1 is 1.24 bits per heavy atom. The van der Waals surface area contributed by atoms with Crippen LogP contribution in [0.1, 0.15) is 45.5 Å². The molecule has 1 aromatic heterocycles. The van der Waals surface area contributed by atoms with Crippen LogP contribution in [0.2, 0.25) is 0 Å². The highest BCUT2D eigenvalue weighted by Crippen LogP contribution is 2.25. The quantitative estimate of drug-likeness (QED) is 0.458. The molecule has 0 saturated heterocycles. The van der Waals surface area contributed by atoms with Crippen LogP contribution >= 0.6 is 11.8 Å². The third-order valence-electron chi connectivity index (χ3n) is 3.42. The summed E-state index contributed by atoms with van der Waals surface area (Å²) >= 11 is 1.32. The van der Waals surface area contributed by atoms with Gasteiger partial charge in [0.1, 0.15) is 5.82 Å². The lowest BCUT2D eigenvalue weighted by Gasteiger charge is -2.15. The SMILES string of the molecule is CC(C)c1nnc(SCC(=O)Nc2ccc([N+](=O)[O-])cc2)n1C(C)C. The predicted octanol–water partition coefficient (Wildman–Crippen LogP) is 3.62. The smallest absolute Gasteiger partial charge is 0.269 e. The Morgan fingerprint density at radius 2 is 1.88 bits per heavy atom. The molecule has 8 nitrogen and oxygen atoms in total. The van der Waals surface area contributed by atoms with Gasteiger partial charge in [-0.15, -0.1) is 10.2 Å². The van der Waals surface area contributed by atoms with Crippen molar-refractivity contribution in [2.24, 2.45) is 0 Å². The fourth-order valence-corrected chi connectivity index (χ4v) is 3.13. The van der Waals surface area contributed by atoms with E-state index in [1.54, 1.807) is 0 Å². The van der Waals surface area contributed by atoms with E-state index in [-0.39, 0.29) is 29.3 Å². The van der Waals surface area contributed by atoms with E-state index in [0.29, 0.717) is 10.8 Å². The second-order valence-electron chi connectivity index (χ2n) is 6.10. The zero-order chi connectivity index (χ0) is 18.6. The van der Waals surface area contributed by atoms with Gasteiger partial charge in [0.25, 0.3) is 5.69 Å². The third kappa shape index (κ3) is 4.79. The van der Waals surface area contributed by atoms with Crippen molar-refractivity contribution >= 4 is 29.0 Å². The lowest BCUT2D eigenvalue weighted by Crippen LogP contribution is -2.15. The van der Waals surface area contributed by atoms with Gasteiger partial charge >= 0.3 is 0 Å². The number of nitro benzene ring substituents is 1. The summed E-state index contributed by atoms with van der Waals surface area (Å²) in [5.41, 5.74) is 0.503. The molecular formula is C16H21N5O3S. The number of amides is 1. The standard InChI is InChI=1S/C16H21N5O3S/c1-10(2)15-18-19-16(20(15)11(3)4)25-9-14(22)17-12-5-7-13(8-6-12)21(23)24/h5-8,10-11H,9H2,1-4H3,(H,17,22). The average Bonchev–Trinajstić information content (AvgIpc) is 2.98. The van der Waals surface area contributed by atoms with Gasteiger partial charge in [0.15, 0.2) is 5.16 Å². The van der Waals surface area contributed by atoms with Gasteiger partial charge < -0.3 is 9.88 Å². The number of hydrogen-bond donors (Lipinski definition) is 1. The highest BCUT2D eigenvalue weighted by atomic mass is 32.2. The van der Waals surface area contributed by atoms with Crippen LogP contribution in [-0.4, -0.2) is 31.3 Å². The van der Waals surface area contributed by atoms with E-state index < -0.39 is 4.92 Å². The second-order valence-corrected chi connectivity index (χ2v) is 7.04. The van der Waals surface area contributed by atoms with Crippen LogP contribution in [0.5, 0.6) is 0 Å². The highest BCUT2D eigenvalue weighted by Gasteiger charge is 2.18. The molecule has 1 amide bonds. The van der Waals surface area contributed by atoms with Crippen molar-refractivity contribution in [2.45, 2.75) is 44.8 Å². The minimum atomic E-state index is -0.480. The van der Waals surface area contributed by atoms with Crippen molar-refractivity contribution in [1.82, 2.24) is 14.8 Å². The first-order valence-corrected chi connectivity index (χ1v) is 8.90. The summed E-state index contributed by atoms with van der Waals surface area (Å²) in [6.07, 6.45) is 0. The van der Waals surface area contributed by atoms with Crippen molar-refractivity contribution in [2.75, 3.05) is 11.1 Å². The Balaban J connectivity index is 1.99. The highest BCUT2D eigenvalue weighted by molar-refractivity contribution is 7.99. The van der Waals surface area contributed by atoms with Gasteiger partial charge in [0, 0.05) is 29.8 Å². The van der Waals surface area contributed by atoms with Crippen LogP contribution < -0.4 is 5.32 Å². The van der Waals surface area contributed by atoms with Crippen molar-refractivity contribution in [3.05, 3.63) is 40.2 Å². The third-order valence-corrected chi connectivity index (χ3v) is 4.36. The molecule has 25 heavy (non-hydrogen) atoms. The molecule has 0 aliphatic heterocycles. The van der Waals surface area contributed by atoms with Crippen LogP contribution in [0.15, 0.2) is 29.4 Å². The lowest BCUT2D eigenvalue weighted by molar-refractivity contribution is -0.384. The molecular weight excluding hydrogens is 342 g/mol. The predicted molar refractivity (Wildman–Crippen MR) is 96.9 cm³/mol. The topological polar surface area (TPSA) is 103 Å². The number of hydrogen-bond acceptors (Lipinski definition) is 6. The number of nitrogens with one attached hydrogen (secondary N) is 1. The molecule has 2 aromatic rings. The second kappa shape index (κ2) is 8.11. The monoisotopic (exact) mass is 363 g/mol. The first-order chi connectivity index (χ1) is 11.8. The van der Waals surface area contributed by atoms with Crippen LogP contribution in [0.3, 0.4) is 0 Å². The summed E-state index contributed by atoms with van der Waals surface area (Å²) in [6, 6.07) is 5.93. The van der Waals surface area contributed by atoms with Crippen LogP contribution in [0, 0.1) is 10.1 Å². The molecule has 0 spiro atoms. The van der Waals surface area contributed by atoms with Gasteiger partial charge in [-0.2, -0.15) is 0 Å². The van der Waals surface area contributed by atoms with Gasteiger partial charge in [-0.1, -0.05) is 25.6 Å². The van der Waals surface area contributed by atoms with E-state index >= 15 is 0 Å². The molecule has 9 heteroatoms. The Labute approximate surface area is 150 Å². The number of carbonyl (C=O) groups is 1. The summed E-state index contributed by atoms with van der Waals surface area (Å²) in [4.78, 5) is 22.3. The number of thioether (sulfide) groups is 1. The van der Waals surface area contributed by atoms with Crippen molar-refractivity contribution in [3.8, 4) is 0 Å². The number of nitro groups is 1. The Bertz CT molecular complexity index is 756. The van der Waals surface area contributed by atoms with E-state index in [1.165, 1.54) is 36.0 Å². The van der Waals surface area contributed by atoms with Crippen LogP contribution in [-0.2, 0) is 4.79 Å². The summed E-state index contributed by atoms with van der Waals surface area (Å²) in [7, 11) is 0. The van der Waals surface area contributed by atoms with E-state index in [9.17, 15) is 14.9 Å². The van der Waals surface area contributed by atoms with E-state index in [1.807, 2.05) is 4.57 Å². The van der Waals surface area contributed by atoms with Crippen LogP contribution in [0.25, 0.3) is 0 Å².